The minimum atomic E-state index is -1.76. The topological polar surface area (TPSA) is 184 Å². The number of halogens is 3. The van der Waals surface area contributed by atoms with E-state index < -0.39 is 76.6 Å². The number of aromatic amines is 1. The summed E-state index contributed by atoms with van der Waals surface area (Å²) >= 11 is 18.3. The molecule has 15 heteroatoms. The molecule has 12 nitrogen and oxygen atoms in total. The third-order valence-corrected chi connectivity index (χ3v) is 15.8. The largest absolute Gasteiger partial charge is 0.511 e. The summed E-state index contributed by atoms with van der Waals surface area (Å²) in [7, 11) is 0. The van der Waals surface area contributed by atoms with Crippen molar-refractivity contribution in [2.24, 2.45) is 40.4 Å². The number of ketones is 1. The molecule has 1 amide bonds. The lowest BCUT2D eigenvalue weighted by atomic mass is 9.51. The first-order valence-corrected chi connectivity index (χ1v) is 22.2. The molecule has 3 heterocycles. The van der Waals surface area contributed by atoms with Gasteiger partial charge in [0.05, 0.1) is 39.8 Å². The maximum absolute atomic E-state index is 15.2. The van der Waals surface area contributed by atoms with Crippen LogP contribution < -0.4 is 5.32 Å². The van der Waals surface area contributed by atoms with Crippen LogP contribution in [0.25, 0.3) is 0 Å². The Hall–Kier alpha value is -3.39. The van der Waals surface area contributed by atoms with E-state index in [1.54, 1.807) is 19.9 Å². The predicted molar refractivity (Wildman–Crippen MR) is 225 cm³/mol. The molecule has 2 saturated heterocycles. The number of carbonyl (C=O) groups excluding carboxylic acids is 3. The van der Waals surface area contributed by atoms with Gasteiger partial charge in [0.1, 0.15) is 22.2 Å². The van der Waals surface area contributed by atoms with E-state index in [0.29, 0.717) is 38.5 Å². The lowest BCUT2D eigenvalue weighted by Gasteiger charge is -2.55. The summed E-state index contributed by atoms with van der Waals surface area (Å²) < 4.78 is 19.4. The van der Waals surface area contributed by atoms with Crippen LogP contribution in [0.5, 0.6) is 0 Å². The maximum atomic E-state index is 15.2. The van der Waals surface area contributed by atoms with Gasteiger partial charge in [-0.2, -0.15) is 0 Å². The molecular formula is C45H55Cl3N2O10. The predicted octanol–water partition coefficient (Wildman–Crippen LogP) is 8.62. The second kappa shape index (κ2) is 16.7. The van der Waals surface area contributed by atoms with Crippen LogP contribution >= 0.6 is 34.8 Å². The minimum Gasteiger partial charge on any atom is -0.511 e. The smallest absolute Gasteiger partial charge is 0.346 e. The van der Waals surface area contributed by atoms with E-state index in [2.05, 4.69) is 41.5 Å². The molecule has 7 rings (SSSR count). The molecule has 1 aromatic rings. The van der Waals surface area contributed by atoms with E-state index >= 15 is 4.79 Å². The highest BCUT2D eigenvalue weighted by molar-refractivity contribution is 6.49. The van der Waals surface area contributed by atoms with Gasteiger partial charge in [-0.05, 0) is 83.0 Å². The summed E-state index contributed by atoms with van der Waals surface area (Å²) in [5.74, 6) is -4.87. The van der Waals surface area contributed by atoms with Crippen molar-refractivity contribution in [3.8, 4) is 0 Å². The van der Waals surface area contributed by atoms with Gasteiger partial charge in [0.25, 0.3) is 5.91 Å². The fraction of sp³-hybridized carbons (Fsp3) is 0.600. The van der Waals surface area contributed by atoms with Crippen molar-refractivity contribution in [1.82, 2.24) is 10.3 Å². The fourth-order valence-corrected chi connectivity index (χ4v) is 12.0. The van der Waals surface area contributed by atoms with Crippen LogP contribution in [-0.2, 0) is 28.6 Å². The van der Waals surface area contributed by atoms with E-state index in [9.17, 15) is 29.7 Å². The molecule has 60 heavy (non-hydrogen) atoms. The maximum Gasteiger partial charge on any atom is 0.346 e. The number of hydrogen-bond donors (Lipinski definition) is 5. The summed E-state index contributed by atoms with van der Waals surface area (Å²) in [6.07, 6.45) is 12.1. The molecule has 13 atom stereocenters. The lowest BCUT2D eigenvalue weighted by Crippen LogP contribution is -2.58. The molecule has 2 bridgehead atoms. The summed E-state index contributed by atoms with van der Waals surface area (Å²) in [4.78, 5) is 57.8. The number of Topliss-reactive ketones (excluding diaryl/α,β-unsaturated/α-hetero) is 1. The third kappa shape index (κ3) is 7.20. The molecule has 0 aromatic carbocycles. The third-order valence-electron chi connectivity index (χ3n) is 14.5. The average molecular weight is 890 g/mol. The molecule has 1 saturated carbocycles. The van der Waals surface area contributed by atoms with Crippen LogP contribution in [0.3, 0.4) is 0 Å². The van der Waals surface area contributed by atoms with Gasteiger partial charge in [-0.3, -0.25) is 9.59 Å². The van der Waals surface area contributed by atoms with Gasteiger partial charge in [-0.25, -0.2) is 9.59 Å². The van der Waals surface area contributed by atoms with Crippen LogP contribution in [0.2, 0.25) is 15.2 Å². The number of aliphatic hydroxyl groups excluding tert-OH is 2. The van der Waals surface area contributed by atoms with Gasteiger partial charge in [-0.1, -0.05) is 97.6 Å². The van der Waals surface area contributed by atoms with Crippen molar-refractivity contribution in [3.05, 3.63) is 79.8 Å². The molecule has 0 radical (unpaired) electrons. The quantitative estimate of drug-likeness (QED) is 0.101. The van der Waals surface area contributed by atoms with Gasteiger partial charge in [0, 0.05) is 29.7 Å². The fourth-order valence-electron chi connectivity index (χ4n) is 11.4. The minimum absolute atomic E-state index is 0.0167. The van der Waals surface area contributed by atoms with Crippen molar-refractivity contribution >= 4 is 58.4 Å². The summed E-state index contributed by atoms with van der Waals surface area (Å²) in [6, 6.07) is -0.808. The molecule has 6 aliphatic rings. The molecule has 5 N–H and O–H groups in total. The zero-order valence-electron chi connectivity index (χ0n) is 34.7. The Bertz CT molecular complexity index is 2100. The molecule has 1 aromatic heterocycles. The van der Waals surface area contributed by atoms with Gasteiger partial charge < -0.3 is 39.8 Å². The van der Waals surface area contributed by atoms with Crippen molar-refractivity contribution in [2.45, 2.75) is 129 Å². The van der Waals surface area contributed by atoms with Gasteiger partial charge in [-0.15, -0.1) is 0 Å². The molecule has 1 spiro atoms. The first-order valence-electron chi connectivity index (χ1n) is 21.1. The number of carboxylic acid groups (broad SMARTS) is 1. The van der Waals surface area contributed by atoms with E-state index in [0.717, 1.165) is 5.57 Å². The molecule has 4 aliphatic carbocycles. The number of ether oxygens (including phenoxy) is 3. The van der Waals surface area contributed by atoms with Crippen LogP contribution in [0.1, 0.15) is 103 Å². The number of nitrogens with one attached hydrogen (secondary N) is 2. The van der Waals surface area contributed by atoms with Gasteiger partial charge >= 0.3 is 11.9 Å². The standard InChI is InChI=1S/C45H55Cl3N2O10/c1-7-24-19-45-38(53)31(42(57)60-45)37(52)44(8-2)25(12-10-9-11-21(3)18-43(45,6)20-27(24)41(55)56)14-15-26-28(44)16-13-22(4)36(26)59-30-17-29(51)34(23(5)58-30)50-40(54)35-32(46)33(47)39(48)49-35/h9-10,14-15,18,20,22-26,28-30,34,36,49,51-52H,7-8,11-13,16-17,19H2,1-6H3,(H,50,54)(H,55,56)/b10-9+,21-18+,37-31?. The number of rotatable bonds is 7. The highest BCUT2D eigenvalue weighted by Crippen LogP contribution is 2.61. The Balaban J connectivity index is 1.22. The first-order chi connectivity index (χ1) is 28.3. The number of carboxylic acids is 1. The summed E-state index contributed by atoms with van der Waals surface area (Å²) in [5.41, 5.74) is -3.47. The van der Waals surface area contributed by atoms with E-state index in [1.807, 2.05) is 26.8 Å². The van der Waals surface area contributed by atoms with Crippen LogP contribution in [0, 0.1) is 40.4 Å². The Morgan fingerprint density at radius 1 is 1.07 bits per heavy atom. The van der Waals surface area contributed by atoms with Crippen molar-refractivity contribution in [1.29, 1.82) is 0 Å². The zero-order chi connectivity index (χ0) is 43.6. The summed E-state index contributed by atoms with van der Waals surface area (Å²) in [6.45, 7) is 11.3. The second-order valence-electron chi connectivity index (χ2n) is 17.9. The van der Waals surface area contributed by atoms with Crippen LogP contribution in [0.4, 0.5) is 0 Å². The Kier molecular flexibility index (Phi) is 12.4. The number of fused-ring (bicyclic) bond motifs is 4. The number of aliphatic hydroxyl groups is 2. The Morgan fingerprint density at radius 2 is 1.80 bits per heavy atom. The molecule has 326 valence electrons. The number of aliphatic carboxylic acids is 1. The molecular weight excluding hydrogens is 835 g/mol. The van der Waals surface area contributed by atoms with Crippen LogP contribution in [-0.4, -0.2) is 80.2 Å². The molecule has 3 fully saturated rings. The monoisotopic (exact) mass is 888 g/mol. The highest BCUT2D eigenvalue weighted by atomic mass is 35.5. The zero-order valence-corrected chi connectivity index (χ0v) is 37.0. The number of H-pyrrole nitrogens is 1. The number of allylic oxidation sites excluding steroid dienone is 5. The Morgan fingerprint density at radius 3 is 2.43 bits per heavy atom. The normalized spacial score (nSPS) is 40.6. The summed E-state index contributed by atoms with van der Waals surface area (Å²) in [5, 5.41) is 37.2. The van der Waals surface area contributed by atoms with Crippen LogP contribution in [0.15, 0.2) is 58.9 Å². The first kappa shape index (κ1) is 44.7. The number of esters is 1. The molecule has 13 unspecified atom stereocenters. The van der Waals surface area contributed by atoms with Crippen molar-refractivity contribution < 1.29 is 48.7 Å². The Labute approximate surface area is 365 Å². The average Bonchev–Trinajstić information content (AvgIpc) is 3.61. The van der Waals surface area contributed by atoms with Gasteiger partial charge in [0.2, 0.25) is 5.78 Å². The number of hydrogen-bond acceptors (Lipinski definition) is 9. The van der Waals surface area contributed by atoms with Crippen molar-refractivity contribution in [2.75, 3.05) is 0 Å². The van der Waals surface area contributed by atoms with Crippen molar-refractivity contribution in [3.63, 3.8) is 0 Å². The van der Waals surface area contributed by atoms with Gasteiger partial charge in [0.15, 0.2) is 11.9 Å². The highest BCUT2D eigenvalue weighted by Gasteiger charge is 2.67. The van der Waals surface area contributed by atoms with E-state index in [-0.39, 0.29) is 74.3 Å². The molecule has 2 aliphatic heterocycles. The SMILES string of the molecule is CCC1CC23OC(=O)C(=C(O)C4(CC)C(C=CC5C(OC6CC(O)C(NC(=O)c7[nH]c(Cl)c(Cl)c7Cl)C(C)O6)C(C)CCC54)C/C=C/C/C(C)=C/C2(C)C=C1C(=O)O)C3=O. The lowest BCUT2D eigenvalue weighted by molar-refractivity contribution is -0.258. The number of aromatic nitrogens is 1. The second-order valence-corrected chi connectivity index (χ2v) is 19.0. The number of amides is 1. The van der Waals surface area contributed by atoms with E-state index in [1.165, 1.54) is 0 Å². The number of carbonyl (C=O) groups is 4. The van der Waals surface area contributed by atoms with E-state index in [4.69, 9.17) is 49.0 Å².